The second-order valence-corrected chi connectivity index (χ2v) is 6.10. The fourth-order valence-corrected chi connectivity index (χ4v) is 2.81. The third-order valence-electron chi connectivity index (χ3n) is 4.50. The summed E-state index contributed by atoms with van der Waals surface area (Å²) in [6.45, 7) is 2.92. The van der Waals surface area contributed by atoms with E-state index < -0.39 is 0 Å². The Hall–Kier alpha value is -0.810. The molecule has 1 amide bonds. The summed E-state index contributed by atoms with van der Waals surface area (Å²) in [5.74, 6) is -0.0809. The topological polar surface area (TPSA) is 58.4 Å². The SMILES string of the molecule is CC(CN)C(=O)NCC1(N(C)C)Cc2ccccc2C1.Cl.Cl. The van der Waals surface area contributed by atoms with E-state index in [9.17, 15) is 4.79 Å². The number of rotatable bonds is 5. The van der Waals surface area contributed by atoms with Crippen molar-refractivity contribution in [3.8, 4) is 0 Å². The predicted molar refractivity (Wildman–Crippen MR) is 96.0 cm³/mol. The average Bonchev–Trinajstić information content (AvgIpc) is 2.83. The Balaban J connectivity index is 0.00000220. The lowest BCUT2D eigenvalue weighted by molar-refractivity contribution is -0.124. The number of nitrogens with zero attached hydrogens (tertiary/aromatic N) is 1. The number of hydrogen-bond acceptors (Lipinski definition) is 3. The van der Waals surface area contributed by atoms with E-state index in [0.717, 1.165) is 12.8 Å². The average molecular weight is 348 g/mol. The van der Waals surface area contributed by atoms with Crippen molar-refractivity contribution in [2.75, 3.05) is 27.2 Å². The zero-order valence-corrected chi connectivity index (χ0v) is 15.1. The van der Waals surface area contributed by atoms with E-state index in [1.165, 1.54) is 11.1 Å². The van der Waals surface area contributed by atoms with E-state index in [2.05, 4.69) is 48.6 Å². The summed E-state index contributed by atoms with van der Waals surface area (Å²) < 4.78 is 0. The maximum absolute atomic E-state index is 12.0. The van der Waals surface area contributed by atoms with E-state index in [0.29, 0.717) is 13.1 Å². The van der Waals surface area contributed by atoms with Gasteiger partial charge in [0.15, 0.2) is 0 Å². The molecule has 0 saturated heterocycles. The molecule has 1 unspecified atom stereocenters. The third-order valence-corrected chi connectivity index (χ3v) is 4.50. The number of fused-ring (bicyclic) bond motifs is 1. The number of nitrogens with two attached hydrogens (primary N) is 1. The minimum atomic E-state index is -0.127. The van der Waals surface area contributed by atoms with Crippen LogP contribution in [0.2, 0.25) is 0 Å². The molecule has 0 fully saturated rings. The molecule has 1 aliphatic carbocycles. The van der Waals surface area contributed by atoms with Crippen molar-refractivity contribution >= 4 is 30.7 Å². The van der Waals surface area contributed by atoms with Crippen molar-refractivity contribution in [3.63, 3.8) is 0 Å². The molecule has 1 aromatic rings. The molecule has 1 atom stereocenters. The minimum Gasteiger partial charge on any atom is -0.354 e. The predicted octanol–water partition coefficient (Wildman–Crippen LogP) is 1.64. The van der Waals surface area contributed by atoms with Gasteiger partial charge in [0.1, 0.15) is 0 Å². The molecule has 3 N–H and O–H groups in total. The van der Waals surface area contributed by atoms with Crippen LogP contribution in [0, 0.1) is 5.92 Å². The summed E-state index contributed by atoms with van der Waals surface area (Å²) in [5.41, 5.74) is 8.31. The molecule has 4 nitrogen and oxygen atoms in total. The fourth-order valence-electron chi connectivity index (χ4n) is 2.81. The molecule has 0 radical (unpaired) electrons. The van der Waals surface area contributed by atoms with Gasteiger partial charge in [-0.05, 0) is 38.1 Å². The lowest BCUT2D eigenvalue weighted by Gasteiger charge is -2.36. The summed E-state index contributed by atoms with van der Waals surface area (Å²) in [4.78, 5) is 14.2. The van der Waals surface area contributed by atoms with Gasteiger partial charge < -0.3 is 16.0 Å². The summed E-state index contributed by atoms with van der Waals surface area (Å²) in [6.07, 6.45) is 1.96. The monoisotopic (exact) mass is 347 g/mol. The second-order valence-electron chi connectivity index (χ2n) is 6.10. The number of nitrogens with one attached hydrogen (secondary N) is 1. The first kappa shape index (κ1) is 21.2. The van der Waals surface area contributed by atoms with Gasteiger partial charge in [-0.3, -0.25) is 4.79 Å². The smallest absolute Gasteiger partial charge is 0.224 e. The van der Waals surface area contributed by atoms with Gasteiger partial charge in [0.2, 0.25) is 5.91 Å². The van der Waals surface area contributed by atoms with Gasteiger partial charge in [0.05, 0.1) is 0 Å². The minimum absolute atomic E-state index is 0. The zero-order chi connectivity index (χ0) is 14.8. The lowest BCUT2D eigenvalue weighted by atomic mass is 9.93. The number of amides is 1. The Morgan fingerprint density at radius 2 is 1.77 bits per heavy atom. The number of carbonyl (C=O) groups excluding carboxylic acids is 1. The van der Waals surface area contributed by atoms with Crippen LogP contribution in [0.4, 0.5) is 0 Å². The lowest BCUT2D eigenvalue weighted by Crippen LogP contribution is -2.54. The molecular formula is C16H27Cl2N3O. The van der Waals surface area contributed by atoms with Crippen LogP contribution in [-0.4, -0.2) is 43.5 Å². The van der Waals surface area contributed by atoms with Gasteiger partial charge in [-0.25, -0.2) is 0 Å². The molecular weight excluding hydrogens is 321 g/mol. The molecule has 0 bridgehead atoms. The highest BCUT2D eigenvalue weighted by Crippen LogP contribution is 2.33. The molecule has 126 valence electrons. The van der Waals surface area contributed by atoms with Crippen molar-refractivity contribution in [2.24, 2.45) is 11.7 Å². The molecule has 0 aliphatic heterocycles. The van der Waals surface area contributed by atoms with Gasteiger partial charge in [0, 0.05) is 24.5 Å². The van der Waals surface area contributed by atoms with E-state index in [4.69, 9.17) is 5.73 Å². The molecule has 2 rings (SSSR count). The number of hydrogen-bond donors (Lipinski definition) is 2. The molecule has 1 aliphatic rings. The molecule has 1 aromatic carbocycles. The summed E-state index contributed by atoms with van der Waals surface area (Å²) in [7, 11) is 4.18. The quantitative estimate of drug-likeness (QED) is 0.851. The Morgan fingerprint density at radius 1 is 1.27 bits per heavy atom. The normalized spacial score (nSPS) is 16.2. The van der Waals surface area contributed by atoms with E-state index in [-0.39, 0.29) is 42.2 Å². The highest BCUT2D eigenvalue weighted by atomic mass is 35.5. The summed E-state index contributed by atoms with van der Waals surface area (Å²) in [5, 5.41) is 3.07. The largest absolute Gasteiger partial charge is 0.354 e. The fraction of sp³-hybridized carbons (Fsp3) is 0.562. The first-order valence-corrected chi connectivity index (χ1v) is 7.20. The van der Waals surface area contributed by atoms with Crippen LogP contribution in [0.15, 0.2) is 24.3 Å². The van der Waals surface area contributed by atoms with Gasteiger partial charge >= 0.3 is 0 Å². The molecule has 0 spiro atoms. The third kappa shape index (κ3) is 4.35. The van der Waals surface area contributed by atoms with Gasteiger partial charge in [-0.2, -0.15) is 0 Å². The van der Waals surface area contributed by atoms with Crippen LogP contribution in [0.1, 0.15) is 18.1 Å². The van der Waals surface area contributed by atoms with Crippen LogP contribution in [0.3, 0.4) is 0 Å². The number of carbonyl (C=O) groups is 1. The van der Waals surface area contributed by atoms with Crippen LogP contribution in [0.25, 0.3) is 0 Å². The van der Waals surface area contributed by atoms with Crippen LogP contribution >= 0.6 is 24.8 Å². The summed E-state index contributed by atoms with van der Waals surface area (Å²) >= 11 is 0. The van der Waals surface area contributed by atoms with E-state index >= 15 is 0 Å². The van der Waals surface area contributed by atoms with E-state index in [1.807, 2.05) is 6.92 Å². The molecule has 0 saturated carbocycles. The second kappa shape index (κ2) is 8.73. The van der Waals surface area contributed by atoms with Crippen molar-refractivity contribution in [3.05, 3.63) is 35.4 Å². The number of halogens is 2. The number of benzene rings is 1. The van der Waals surface area contributed by atoms with Gasteiger partial charge in [0.25, 0.3) is 0 Å². The van der Waals surface area contributed by atoms with Crippen molar-refractivity contribution in [1.82, 2.24) is 10.2 Å². The first-order chi connectivity index (χ1) is 9.48. The first-order valence-electron chi connectivity index (χ1n) is 7.20. The van der Waals surface area contributed by atoms with Crippen LogP contribution in [-0.2, 0) is 17.6 Å². The standard InChI is InChI=1S/C16H25N3O.2ClH/c1-12(10-17)15(20)18-11-16(19(2)3)8-13-6-4-5-7-14(13)9-16;;/h4-7,12H,8-11,17H2,1-3H3,(H,18,20);2*1H. The maximum atomic E-state index is 12.0. The molecule has 6 heteroatoms. The molecule has 22 heavy (non-hydrogen) atoms. The zero-order valence-electron chi connectivity index (χ0n) is 13.5. The van der Waals surface area contributed by atoms with Crippen LogP contribution in [0.5, 0.6) is 0 Å². The highest BCUT2D eigenvalue weighted by molar-refractivity contribution is 5.85. The number of likely N-dealkylation sites (N-methyl/N-ethyl adjacent to an activating group) is 1. The highest BCUT2D eigenvalue weighted by Gasteiger charge is 2.39. The van der Waals surface area contributed by atoms with E-state index in [1.54, 1.807) is 0 Å². The van der Waals surface area contributed by atoms with Crippen molar-refractivity contribution < 1.29 is 4.79 Å². The summed E-state index contributed by atoms with van der Waals surface area (Å²) in [6, 6.07) is 8.54. The van der Waals surface area contributed by atoms with Crippen molar-refractivity contribution in [1.29, 1.82) is 0 Å². The Bertz CT molecular complexity index is 469. The Kier molecular flexibility index (Phi) is 8.40. The Labute approximate surface area is 145 Å². The van der Waals surface area contributed by atoms with Gasteiger partial charge in [-0.15, -0.1) is 24.8 Å². The Morgan fingerprint density at radius 3 is 2.18 bits per heavy atom. The maximum Gasteiger partial charge on any atom is 0.224 e. The van der Waals surface area contributed by atoms with Crippen molar-refractivity contribution in [2.45, 2.75) is 25.3 Å². The molecule has 0 aromatic heterocycles. The van der Waals surface area contributed by atoms with Gasteiger partial charge in [-0.1, -0.05) is 31.2 Å². The molecule has 0 heterocycles. The van der Waals surface area contributed by atoms with Crippen LogP contribution < -0.4 is 11.1 Å².